The number of likely N-dealkylation sites (tertiary alicyclic amines) is 1. The van der Waals surface area contributed by atoms with E-state index >= 15 is 0 Å². The first-order chi connectivity index (χ1) is 16.0. The zero-order valence-electron chi connectivity index (χ0n) is 18.7. The molecular formula is C26H27N3O3S. The fraction of sp³-hybridized carbons (Fsp3) is 0.269. The van der Waals surface area contributed by atoms with Crippen LogP contribution in [0.1, 0.15) is 51.4 Å². The monoisotopic (exact) mass is 461 g/mol. The summed E-state index contributed by atoms with van der Waals surface area (Å²) in [7, 11) is 1.77. The summed E-state index contributed by atoms with van der Waals surface area (Å²) in [4.78, 5) is 42.8. The molecule has 2 atom stereocenters. The minimum Gasteiger partial charge on any atom is -0.337 e. The van der Waals surface area contributed by atoms with Crippen LogP contribution in [-0.4, -0.2) is 47.2 Å². The molecule has 6 nitrogen and oxygen atoms in total. The molecule has 0 aliphatic carbocycles. The fourth-order valence-corrected chi connectivity index (χ4v) is 4.81. The largest absolute Gasteiger partial charge is 0.337 e. The molecule has 7 heteroatoms. The zero-order chi connectivity index (χ0) is 23.4. The summed E-state index contributed by atoms with van der Waals surface area (Å²) in [5.74, 6) is -0.324. The van der Waals surface area contributed by atoms with Crippen molar-refractivity contribution in [1.82, 2.24) is 9.80 Å². The number of nitrogens with zero attached hydrogens (tertiary/aromatic N) is 2. The number of amides is 3. The molecule has 2 heterocycles. The fourth-order valence-electron chi connectivity index (χ4n) is 4.13. The molecule has 0 radical (unpaired) electrons. The maximum atomic E-state index is 13.4. The van der Waals surface area contributed by atoms with Gasteiger partial charge in [-0.1, -0.05) is 36.4 Å². The Morgan fingerprint density at radius 1 is 1.06 bits per heavy atom. The second-order valence-corrected chi connectivity index (χ2v) is 9.15. The summed E-state index contributed by atoms with van der Waals surface area (Å²) in [6.07, 6.45) is 1.48. The standard InChI is InChI=1S/C26H27N3O3S/c1-18(20-11-6-12-21(17-20)27-24(30)19-9-4-3-5-10-19)28(2)25(31)22-13-7-15-29(22)26(32)23-14-8-16-33-23/h3-6,8-12,14,16-18,22H,7,13,15H2,1-2H3,(H,27,30). The SMILES string of the molecule is CC(c1cccc(NC(=O)c2ccccc2)c1)N(C)C(=O)C1CCCN1C(=O)c1cccs1. The highest BCUT2D eigenvalue weighted by atomic mass is 32.1. The summed E-state index contributed by atoms with van der Waals surface area (Å²) < 4.78 is 0. The molecule has 2 unspecified atom stereocenters. The van der Waals surface area contributed by atoms with Crippen molar-refractivity contribution in [2.75, 3.05) is 18.9 Å². The molecule has 1 aliphatic rings. The Labute approximate surface area is 197 Å². The highest BCUT2D eigenvalue weighted by molar-refractivity contribution is 7.12. The molecule has 0 bridgehead atoms. The first-order valence-electron chi connectivity index (χ1n) is 11.0. The zero-order valence-corrected chi connectivity index (χ0v) is 19.5. The van der Waals surface area contributed by atoms with Crippen molar-refractivity contribution in [2.45, 2.75) is 31.8 Å². The lowest BCUT2D eigenvalue weighted by atomic mass is 10.0. The summed E-state index contributed by atoms with van der Waals surface area (Å²) in [6.45, 7) is 2.55. The number of carbonyl (C=O) groups is 3. The van der Waals surface area contributed by atoms with Crippen molar-refractivity contribution in [3.63, 3.8) is 0 Å². The van der Waals surface area contributed by atoms with Gasteiger partial charge in [-0.3, -0.25) is 14.4 Å². The number of rotatable bonds is 6. The van der Waals surface area contributed by atoms with Gasteiger partial charge in [0, 0.05) is 24.8 Å². The lowest BCUT2D eigenvalue weighted by Gasteiger charge is -2.31. The van der Waals surface area contributed by atoms with Crippen molar-refractivity contribution in [3.8, 4) is 0 Å². The van der Waals surface area contributed by atoms with Gasteiger partial charge in [0.05, 0.1) is 10.9 Å². The second-order valence-electron chi connectivity index (χ2n) is 8.20. The Bertz CT molecular complexity index is 1130. The van der Waals surface area contributed by atoms with E-state index < -0.39 is 6.04 Å². The van der Waals surface area contributed by atoms with Gasteiger partial charge in [0.15, 0.2) is 0 Å². The molecule has 1 aliphatic heterocycles. The third kappa shape index (κ3) is 4.98. The normalized spacial score (nSPS) is 16.3. The van der Waals surface area contributed by atoms with Crippen LogP contribution in [0.15, 0.2) is 72.1 Å². The maximum absolute atomic E-state index is 13.4. The number of benzene rings is 2. The average molecular weight is 462 g/mol. The quantitative estimate of drug-likeness (QED) is 0.572. The van der Waals surface area contributed by atoms with Crippen LogP contribution in [0.2, 0.25) is 0 Å². The van der Waals surface area contributed by atoms with Crippen LogP contribution in [0.4, 0.5) is 5.69 Å². The second kappa shape index (κ2) is 10.0. The van der Waals surface area contributed by atoms with Gasteiger partial charge in [-0.25, -0.2) is 0 Å². The molecule has 2 aromatic carbocycles. The Kier molecular flexibility index (Phi) is 6.89. The number of anilines is 1. The Morgan fingerprint density at radius 3 is 2.58 bits per heavy atom. The van der Waals surface area contributed by atoms with Gasteiger partial charge in [0.2, 0.25) is 5.91 Å². The van der Waals surface area contributed by atoms with Crippen LogP contribution >= 0.6 is 11.3 Å². The number of likely N-dealkylation sites (N-methyl/N-ethyl adjacent to an activating group) is 1. The van der Waals surface area contributed by atoms with Gasteiger partial charge >= 0.3 is 0 Å². The molecule has 1 aromatic heterocycles. The van der Waals surface area contributed by atoms with Gasteiger partial charge in [-0.2, -0.15) is 0 Å². The molecule has 1 fully saturated rings. The van der Waals surface area contributed by atoms with Crippen LogP contribution in [0.25, 0.3) is 0 Å². The predicted molar refractivity (Wildman–Crippen MR) is 130 cm³/mol. The Morgan fingerprint density at radius 2 is 1.85 bits per heavy atom. The van der Waals surface area contributed by atoms with Crippen molar-refractivity contribution >= 4 is 34.7 Å². The minimum atomic E-state index is -0.451. The van der Waals surface area contributed by atoms with E-state index in [9.17, 15) is 14.4 Å². The molecule has 1 saturated heterocycles. The van der Waals surface area contributed by atoms with Gasteiger partial charge in [0.1, 0.15) is 6.04 Å². The number of hydrogen-bond donors (Lipinski definition) is 1. The molecule has 170 valence electrons. The van der Waals surface area contributed by atoms with E-state index in [-0.39, 0.29) is 23.8 Å². The highest BCUT2D eigenvalue weighted by Gasteiger charge is 2.37. The predicted octanol–water partition coefficient (Wildman–Crippen LogP) is 4.82. The highest BCUT2D eigenvalue weighted by Crippen LogP contribution is 2.28. The van der Waals surface area contributed by atoms with E-state index in [0.717, 1.165) is 12.0 Å². The number of hydrogen-bond acceptors (Lipinski definition) is 4. The molecular weight excluding hydrogens is 434 g/mol. The third-order valence-electron chi connectivity index (χ3n) is 6.12. The topological polar surface area (TPSA) is 69.7 Å². The molecule has 0 spiro atoms. The van der Waals surface area contributed by atoms with E-state index in [4.69, 9.17) is 0 Å². The summed E-state index contributed by atoms with van der Waals surface area (Å²) in [6, 6.07) is 19.5. The first kappa shape index (κ1) is 22.7. The Hall–Kier alpha value is -3.45. The van der Waals surface area contributed by atoms with Gasteiger partial charge in [-0.05, 0) is 61.0 Å². The molecule has 0 saturated carbocycles. The van der Waals surface area contributed by atoms with Crippen molar-refractivity contribution < 1.29 is 14.4 Å². The summed E-state index contributed by atoms with van der Waals surface area (Å²) >= 11 is 1.40. The Balaban J connectivity index is 1.45. The van der Waals surface area contributed by atoms with E-state index in [0.29, 0.717) is 29.1 Å². The lowest BCUT2D eigenvalue weighted by Crippen LogP contribution is -2.47. The van der Waals surface area contributed by atoms with Crippen LogP contribution in [-0.2, 0) is 4.79 Å². The van der Waals surface area contributed by atoms with Crippen LogP contribution in [0.5, 0.6) is 0 Å². The average Bonchev–Trinajstić information content (AvgIpc) is 3.55. The van der Waals surface area contributed by atoms with E-state index in [2.05, 4.69) is 5.32 Å². The summed E-state index contributed by atoms with van der Waals surface area (Å²) in [5.41, 5.74) is 2.16. The van der Waals surface area contributed by atoms with Gasteiger partial charge in [-0.15, -0.1) is 11.3 Å². The lowest BCUT2D eigenvalue weighted by molar-refractivity contribution is -0.135. The maximum Gasteiger partial charge on any atom is 0.264 e. The van der Waals surface area contributed by atoms with Gasteiger partial charge in [0.25, 0.3) is 11.8 Å². The molecule has 3 amide bonds. The number of nitrogens with one attached hydrogen (secondary N) is 1. The van der Waals surface area contributed by atoms with E-state index in [1.54, 1.807) is 35.0 Å². The molecule has 3 aromatic rings. The molecule has 4 rings (SSSR count). The number of thiophene rings is 1. The van der Waals surface area contributed by atoms with E-state index in [1.807, 2.05) is 60.8 Å². The van der Waals surface area contributed by atoms with Crippen LogP contribution < -0.4 is 5.32 Å². The number of carbonyl (C=O) groups excluding carboxylic acids is 3. The van der Waals surface area contributed by atoms with Crippen LogP contribution in [0.3, 0.4) is 0 Å². The van der Waals surface area contributed by atoms with Crippen molar-refractivity contribution in [3.05, 3.63) is 88.1 Å². The minimum absolute atomic E-state index is 0.0661. The first-order valence-corrected chi connectivity index (χ1v) is 11.9. The van der Waals surface area contributed by atoms with Crippen molar-refractivity contribution in [2.24, 2.45) is 0 Å². The van der Waals surface area contributed by atoms with Crippen LogP contribution in [0, 0.1) is 0 Å². The van der Waals surface area contributed by atoms with E-state index in [1.165, 1.54) is 11.3 Å². The third-order valence-corrected chi connectivity index (χ3v) is 6.98. The molecule has 1 N–H and O–H groups in total. The smallest absolute Gasteiger partial charge is 0.264 e. The van der Waals surface area contributed by atoms with Gasteiger partial charge < -0.3 is 15.1 Å². The molecule has 33 heavy (non-hydrogen) atoms. The van der Waals surface area contributed by atoms with Crippen molar-refractivity contribution in [1.29, 1.82) is 0 Å². The summed E-state index contributed by atoms with van der Waals surface area (Å²) in [5, 5.41) is 4.79.